The summed E-state index contributed by atoms with van der Waals surface area (Å²) in [6.07, 6.45) is 3.55. The van der Waals surface area contributed by atoms with Crippen molar-refractivity contribution in [3.05, 3.63) is 33.7 Å². The number of hydrogen-bond acceptors (Lipinski definition) is 3. The van der Waals surface area contributed by atoms with Gasteiger partial charge in [-0.15, -0.1) is 0 Å². The van der Waals surface area contributed by atoms with E-state index < -0.39 is 0 Å². The van der Waals surface area contributed by atoms with Crippen molar-refractivity contribution in [2.24, 2.45) is 11.7 Å². The van der Waals surface area contributed by atoms with E-state index in [2.05, 4.69) is 11.9 Å². The number of carbonyl (C=O) groups excluding carboxylic acids is 1. The maximum atomic E-state index is 12.5. The van der Waals surface area contributed by atoms with Gasteiger partial charge in [0.1, 0.15) is 5.56 Å². The van der Waals surface area contributed by atoms with Crippen molar-refractivity contribution in [1.29, 1.82) is 0 Å². The molecule has 1 aliphatic heterocycles. The number of amides is 1. The van der Waals surface area contributed by atoms with E-state index in [-0.39, 0.29) is 22.9 Å². The number of pyridine rings is 1. The summed E-state index contributed by atoms with van der Waals surface area (Å²) in [4.78, 5) is 29.1. The lowest BCUT2D eigenvalue weighted by atomic mass is 9.90. The molecule has 0 saturated carbocycles. The molecule has 1 saturated heterocycles. The highest BCUT2D eigenvalue weighted by molar-refractivity contribution is 5.94. The Morgan fingerprint density at radius 3 is 2.95 bits per heavy atom. The smallest absolute Gasteiger partial charge is 0.259 e. The zero-order valence-electron chi connectivity index (χ0n) is 11.5. The number of piperidine rings is 1. The average Bonchev–Trinajstić information content (AvgIpc) is 2.37. The van der Waals surface area contributed by atoms with Gasteiger partial charge in [-0.1, -0.05) is 6.92 Å². The highest BCUT2D eigenvalue weighted by atomic mass is 16.2. The van der Waals surface area contributed by atoms with Gasteiger partial charge in [-0.2, -0.15) is 0 Å². The van der Waals surface area contributed by atoms with Crippen LogP contribution in [0.4, 0.5) is 0 Å². The lowest BCUT2D eigenvalue weighted by molar-refractivity contribution is 0.0531. The number of nitrogens with one attached hydrogen (secondary N) is 1. The number of nitrogens with zero attached hydrogens (tertiary/aromatic N) is 1. The predicted octanol–water partition coefficient (Wildman–Crippen LogP) is 0.883. The first-order valence-corrected chi connectivity index (χ1v) is 6.75. The average molecular weight is 263 g/mol. The SMILES string of the molecule is Cc1cc(=O)c(C(=O)N2CCCC(C)C2CN)c[nH]1. The van der Waals surface area contributed by atoms with E-state index >= 15 is 0 Å². The second-order valence-corrected chi connectivity index (χ2v) is 5.32. The van der Waals surface area contributed by atoms with Gasteiger partial charge in [-0.05, 0) is 25.7 Å². The largest absolute Gasteiger partial charge is 0.364 e. The standard InChI is InChI=1S/C14H21N3O2/c1-9-4-3-5-17(12(9)7-15)14(19)11-8-16-10(2)6-13(11)18/h6,8-9,12H,3-5,7,15H2,1-2H3,(H,16,18). The van der Waals surface area contributed by atoms with Gasteiger partial charge in [-0.25, -0.2) is 0 Å². The van der Waals surface area contributed by atoms with E-state index in [1.165, 1.54) is 12.3 Å². The van der Waals surface area contributed by atoms with Gasteiger partial charge in [0.05, 0.1) is 0 Å². The molecule has 5 nitrogen and oxygen atoms in total. The van der Waals surface area contributed by atoms with E-state index in [4.69, 9.17) is 5.73 Å². The third kappa shape index (κ3) is 2.71. The molecule has 2 unspecified atom stereocenters. The summed E-state index contributed by atoms with van der Waals surface area (Å²) in [7, 11) is 0. The van der Waals surface area contributed by atoms with Crippen molar-refractivity contribution >= 4 is 5.91 Å². The van der Waals surface area contributed by atoms with E-state index in [1.54, 1.807) is 11.8 Å². The van der Waals surface area contributed by atoms with Gasteiger partial charge < -0.3 is 15.6 Å². The van der Waals surface area contributed by atoms with Gasteiger partial charge in [0.15, 0.2) is 5.43 Å². The lowest BCUT2D eigenvalue weighted by Gasteiger charge is -2.39. The Morgan fingerprint density at radius 2 is 2.32 bits per heavy atom. The maximum absolute atomic E-state index is 12.5. The molecule has 1 amide bonds. The summed E-state index contributed by atoms with van der Waals surface area (Å²) in [6, 6.07) is 1.49. The Labute approximate surface area is 112 Å². The molecule has 1 aliphatic rings. The van der Waals surface area contributed by atoms with E-state index in [0.29, 0.717) is 19.0 Å². The molecule has 104 valence electrons. The molecular formula is C14H21N3O2. The van der Waals surface area contributed by atoms with Gasteiger partial charge in [0.25, 0.3) is 5.91 Å². The third-order valence-electron chi connectivity index (χ3n) is 3.91. The number of aryl methyl sites for hydroxylation is 1. The number of carbonyl (C=O) groups is 1. The number of nitrogens with two attached hydrogens (primary N) is 1. The summed E-state index contributed by atoms with van der Waals surface area (Å²) in [5.41, 5.74) is 6.52. The second-order valence-electron chi connectivity index (χ2n) is 5.32. The second kappa shape index (κ2) is 5.57. The first-order valence-electron chi connectivity index (χ1n) is 6.75. The monoisotopic (exact) mass is 263 g/mol. The van der Waals surface area contributed by atoms with E-state index in [1.807, 2.05) is 0 Å². The summed E-state index contributed by atoms with van der Waals surface area (Å²) < 4.78 is 0. The van der Waals surface area contributed by atoms with Crippen molar-refractivity contribution < 1.29 is 4.79 Å². The number of H-pyrrole nitrogens is 1. The van der Waals surface area contributed by atoms with Crippen LogP contribution in [0.25, 0.3) is 0 Å². The Hall–Kier alpha value is -1.62. The van der Waals surface area contributed by atoms with Crippen molar-refractivity contribution in [3.8, 4) is 0 Å². The Balaban J connectivity index is 2.29. The van der Waals surface area contributed by atoms with Crippen LogP contribution in [-0.4, -0.2) is 34.9 Å². The van der Waals surface area contributed by atoms with E-state index in [0.717, 1.165) is 18.5 Å². The fourth-order valence-corrected chi connectivity index (χ4v) is 2.76. The summed E-state index contributed by atoms with van der Waals surface area (Å²) >= 11 is 0. The molecule has 3 N–H and O–H groups in total. The van der Waals surface area contributed by atoms with Crippen molar-refractivity contribution in [1.82, 2.24) is 9.88 Å². The minimum atomic E-state index is -0.227. The molecule has 0 spiro atoms. The Morgan fingerprint density at radius 1 is 1.58 bits per heavy atom. The molecule has 5 heteroatoms. The zero-order chi connectivity index (χ0) is 14.0. The minimum Gasteiger partial charge on any atom is -0.364 e. The molecule has 1 fully saturated rings. The topological polar surface area (TPSA) is 79.2 Å². The molecule has 19 heavy (non-hydrogen) atoms. The van der Waals surface area contributed by atoms with Crippen LogP contribution in [0, 0.1) is 12.8 Å². The quantitative estimate of drug-likeness (QED) is 0.831. The molecule has 0 radical (unpaired) electrons. The molecular weight excluding hydrogens is 242 g/mol. The van der Waals surface area contributed by atoms with Crippen molar-refractivity contribution in [2.75, 3.05) is 13.1 Å². The number of rotatable bonds is 2. The number of likely N-dealkylation sites (tertiary alicyclic amines) is 1. The number of aromatic nitrogens is 1. The van der Waals surface area contributed by atoms with Crippen LogP contribution in [0.1, 0.15) is 35.8 Å². The molecule has 2 rings (SSSR count). The zero-order valence-corrected chi connectivity index (χ0v) is 11.5. The molecule has 0 bridgehead atoms. The van der Waals surface area contributed by atoms with E-state index in [9.17, 15) is 9.59 Å². The molecule has 1 aromatic rings. The Bertz CT molecular complexity index is 524. The third-order valence-corrected chi connectivity index (χ3v) is 3.91. The van der Waals surface area contributed by atoms with Gasteiger partial charge in [0, 0.05) is 37.1 Å². The van der Waals surface area contributed by atoms with Crippen LogP contribution in [0.5, 0.6) is 0 Å². The fourth-order valence-electron chi connectivity index (χ4n) is 2.76. The minimum absolute atomic E-state index is 0.0296. The maximum Gasteiger partial charge on any atom is 0.259 e. The van der Waals surface area contributed by atoms with Gasteiger partial charge in [-0.3, -0.25) is 9.59 Å². The number of hydrogen-bond donors (Lipinski definition) is 2. The number of aromatic amines is 1. The normalized spacial score (nSPS) is 23.4. The molecule has 0 aromatic carbocycles. The van der Waals surface area contributed by atoms with Crippen LogP contribution < -0.4 is 11.2 Å². The molecule has 1 aromatic heterocycles. The highest BCUT2D eigenvalue weighted by Gasteiger charge is 2.32. The van der Waals surface area contributed by atoms with Crippen LogP contribution in [0.15, 0.2) is 17.1 Å². The van der Waals surface area contributed by atoms with Crippen molar-refractivity contribution in [2.45, 2.75) is 32.7 Å². The van der Waals surface area contributed by atoms with Crippen LogP contribution in [-0.2, 0) is 0 Å². The first-order chi connectivity index (χ1) is 9.04. The van der Waals surface area contributed by atoms with Crippen molar-refractivity contribution in [3.63, 3.8) is 0 Å². The Kier molecular flexibility index (Phi) is 4.04. The lowest BCUT2D eigenvalue weighted by Crippen LogP contribution is -2.52. The van der Waals surface area contributed by atoms with Crippen LogP contribution >= 0.6 is 0 Å². The summed E-state index contributed by atoms with van der Waals surface area (Å²) in [5, 5.41) is 0. The predicted molar refractivity (Wildman–Crippen MR) is 74.1 cm³/mol. The van der Waals surface area contributed by atoms with Crippen LogP contribution in [0.2, 0.25) is 0 Å². The first kappa shape index (κ1) is 13.8. The molecule has 0 aliphatic carbocycles. The summed E-state index contributed by atoms with van der Waals surface area (Å²) in [6.45, 7) is 5.02. The molecule has 2 atom stereocenters. The van der Waals surface area contributed by atoms with Gasteiger partial charge in [0.2, 0.25) is 0 Å². The summed E-state index contributed by atoms with van der Waals surface area (Å²) in [5.74, 6) is 0.176. The highest BCUT2D eigenvalue weighted by Crippen LogP contribution is 2.23. The fraction of sp³-hybridized carbons (Fsp3) is 0.571. The molecule has 2 heterocycles. The van der Waals surface area contributed by atoms with Crippen LogP contribution in [0.3, 0.4) is 0 Å². The van der Waals surface area contributed by atoms with Gasteiger partial charge >= 0.3 is 0 Å².